The summed E-state index contributed by atoms with van der Waals surface area (Å²) in [5, 5.41) is 17.8. The van der Waals surface area contributed by atoms with Crippen molar-refractivity contribution in [3.05, 3.63) is 11.5 Å². The molecule has 17 nitrogen and oxygen atoms in total. The van der Waals surface area contributed by atoms with Crippen LogP contribution in [-0.4, -0.2) is 144 Å². The summed E-state index contributed by atoms with van der Waals surface area (Å²) in [5.74, 6) is -5.75. The van der Waals surface area contributed by atoms with Crippen LogP contribution in [0.1, 0.15) is 92.5 Å². The molecule has 0 aliphatic carbocycles. The molecule has 3 aliphatic heterocycles. The SMILES string of the molecule is CC[C@H]1OC(=O)[C@@](C)(F)C(=O)[C@H](C)[C@@H](O[C@@H]2O[C@H](C)C[C@H](N(C)C)[C@H]2O)[C@](C)(OC)C[C@@H](C)C(=O)[C@H](C)[C@H]2N(CCCOC(=O)Nc3c(C)noc3C)C(=O)O[C@]12C. The van der Waals surface area contributed by atoms with Crippen LogP contribution in [0.15, 0.2) is 4.52 Å². The molecule has 4 heterocycles. The second kappa shape index (κ2) is 18.3. The number of cyclic esters (lactones) is 1. The number of halogens is 1. The van der Waals surface area contributed by atoms with Gasteiger partial charge in [-0.2, -0.15) is 0 Å². The number of hydrogen-bond acceptors (Lipinski definition) is 15. The number of carbonyl (C=O) groups is 5. The molecule has 0 radical (unpaired) electrons. The molecule has 0 spiro atoms. The predicted molar refractivity (Wildman–Crippen MR) is 205 cm³/mol. The van der Waals surface area contributed by atoms with Gasteiger partial charge in [-0.25, -0.2) is 18.8 Å². The maximum atomic E-state index is 16.8. The van der Waals surface area contributed by atoms with Crippen molar-refractivity contribution in [2.75, 3.05) is 39.7 Å². The molecular formula is C40H63FN4O13. The Labute approximate surface area is 339 Å². The van der Waals surface area contributed by atoms with Gasteiger partial charge >= 0.3 is 18.2 Å². The van der Waals surface area contributed by atoms with E-state index >= 15 is 4.39 Å². The number of hydrogen-bond donors (Lipinski definition) is 2. The number of fused-ring (bicyclic) bond motifs is 1. The molecule has 2 amide bonds. The number of Topliss-reactive ketones (excluding diaryl/α,β-unsaturated/α-hetero) is 2. The molecule has 0 aromatic carbocycles. The third kappa shape index (κ3) is 9.35. The van der Waals surface area contributed by atoms with Crippen LogP contribution in [0.2, 0.25) is 0 Å². The molecule has 3 saturated heterocycles. The number of anilines is 1. The average molecular weight is 827 g/mol. The van der Waals surface area contributed by atoms with Crippen LogP contribution < -0.4 is 5.32 Å². The number of esters is 1. The third-order valence-electron chi connectivity index (χ3n) is 12.2. The number of likely N-dealkylation sites (N-methyl/N-ethyl adjacent to an activating group) is 1. The van der Waals surface area contributed by atoms with Gasteiger partial charge in [0, 0.05) is 37.5 Å². The lowest BCUT2D eigenvalue weighted by Crippen LogP contribution is -2.61. The molecule has 3 aliphatic rings. The number of aryl methyl sites for hydroxylation is 2. The first-order chi connectivity index (χ1) is 26.9. The number of aliphatic hydroxyl groups excluding tert-OH is 1. The van der Waals surface area contributed by atoms with Gasteiger partial charge in [-0.05, 0) is 81.3 Å². The van der Waals surface area contributed by atoms with Crippen LogP contribution in [0.25, 0.3) is 0 Å². The minimum absolute atomic E-state index is 0.0246. The number of nitrogens with zero attached hydrogens (tertiary/aromatic N) is 3. The van der Waals surface area contributed by atoms with Crippen LogP contribution in [0.3, 0.4) is 0 Å². The van der Waals surface area contributed by atoms with Crippen molar-refractivity contribution in [1.82, 2.24) is 15.0 Å². The summed E-state index contributed by atoms with van der Waals surface area (Å²) in [7, 11) is 4.98. The van der Waals surface area contributed by atoms with Crippen LogP contribution in [0, 0.1) is 31.6 Å². The fourth-order valence-corrected chi connectivity index (χ4v) is 8.91. The Kier molecular flexibility index (Phi) is 14.8. The zero-order chi connectivity index (χ0) is 43.7. The van der Waals surface area contributed by atoms with E-state index in [1.165, 1.54) is 25.9 Å². The van der Waals surface area contributed by atoms with E-state index in [1.807, 2.05) is 11.8 Å². The maximum absolute atomic E-state index is 16.8. The fraction of sp³-hybridized carbons (Fsp3) is 0.800. The Morgan fingerprint density at radius 1 is 1.09 bits per heavy atom. The highest BCUT2D eigenvalue weighted by atomic mass is 19.1. The average Bonchev–Trinajstić information content (AvgIpc) is 3.62. The quantitative estimate of drug-likeness (QED) is 0.144. The summed E-state index contributed by atoms with van der Waals surface area (Å²) in [6.45, 7) is 15.3. The summed E-state index contributed by atoms with van der Waals surface area (Å²) in [6, 6.07) is -1.44. The van der Waals surface area contributed by atoms with E-state index in [0.29, 0.717) is 23.6 Å². The summed E-state index contributed by atoms with van der Waals surface area (Å²) < 4.78 is 57.5. The number of amides is 2. The molecule has 4 rings (SSSR count). The van der Waals surface area contributed by atoms with Crippen molar-refractivity contribution in [1.29, 1.82) is 0 Å². The first-order valence-corrected chi connectivity index (χ1v) is 20.0. The van der Waals surface area contributed by atoms with Crippen LogP contribution in [0.4, 0.5) is 19.7 Å². The molecular weight excluding hydrogens is 763 g/mol. The molecule has 18 heteroatoms. The maximum Gasteiger partial charge on any atom is 0.411 e. The predicted octanol–water partition coefficient (Wildman–Crippen LogP) is 4.53. The van der Waals surface area contributed by atoms with Gasteiger partial charge in [0.15, 0.2) is 23.4 Å². The van der Waals surface area contributed by atoms with E-state index in [9.17, 15) is 29.1 Å². The van der Waals surface area contributed by atoms with Crippen molar-refractivity contribution < 1.29 is 66.4 Å². The molecule has 1 aromatic rings. The Hall–Kier alpha value is -3.71. The molecule has 0 unspecified atom stereocenters. The topological polar surface area (TPSA) is 205 Å². The molecule has 13 atom stereocenters. The zero-order valence-electron chi connectivity index (χ0n) is 36.1. The van der Waals surface area contributed by atoms with Crippen molar-refractivity contribution in [3.63, 3.8) is 0 Å². The number of nitrogens with one attached hydrogen (secondary N) is 1. The number of alkyl halides is 1. The number of methoxy groups -OCH3 is 1. The molecule has 0 saturated carbocycles. The molecule has 1 aromatic heterocycles. The Morgan fingerprint density at radius 3 is 2.31 bits per heavy atom. The number of aromatic nitrogens is 1. The second-order valence-electron chi connectivity index (χ2n) is 16.9. The highest BCUT2D eigenvalue weighted by Gasteiger charge is 2.61. The van der Waals surface area contributed by atoms with Gasteiger partial charge in [0.1, 0.15) is 29.4 Å². The van der Waals surface area contributed by atoms with E-state index in [-0.39, 0.29) is 50.3 Å². The summed E-state index contributed by atoms with van der Waals surface area (Å²) in [6.07, 6.45) is -6.47. The van der Waals surface area contributed by atoms with E-state index in [1.54, 1.807) is 55.6 Å². The molecule has 328 valence electrons. The van der Waals surface area contributed by atoms with Crippen molar-refractivity contribution >= 4 is 35.4 Å². The van der Waals surface area contributed by atoms with Crippen molar-refractivity contribution in [2.24, 2.45) is 17.8 Å². The van der Waals surface area contributed by atoms with Gasteiger partial charge in [0.2, 0.25) is 0 Å². The summed E-state index contributed by atoms with van der Waals surface area (Å²) >= 11 is 0. The smallest absolute Gasteiger partial charge is 0.411 e. The number of rotatable bonds is 10. The second-order valence-corrected chi connectivity index (χ2v) is 16.9. The first kappa shape index (κ1) is 47.0. The lowest BCUT2D eigenvalue weighted by molar-refractivity contribution is -0.295. The van der Waals surface area contributed by atoms with E-state index in [2.05, 4.69) is 10.5 Å². The highest BCUT2D eigenvalue weighted by molar-refractivity contribution is 6.08. The number of aliphatic hydroxyl groups is 1. The van der Waals surface area contributed by atoms with Crippen LogP contribution in [0.5, 0.6) is 0 Å². The Balaban J connectivity index is 1.69. The van der Waals surface area contributed by atoms with Gasteiger partial charge in [0.25, 0.3) is 5.67 Å². The first-order valence-electron chi connectivity index (χ1n) is 20.0. The number of ether oxygens (including phenoxy) is 6. The van der Waals surface area contributed by atoms with Gasteiger partial charge in [-0.15, -0.1) is 0 Å². The molecule has 0 bridgehead atoms. The van der Waals surface area contributed by atoms with Crippen LogP contribution in [-0.2, 0) is 42.8 Å². The minimum Gasteiger partial charge on any atom is -0.455 e. The minimum atomic E-state index is -3.22. The van der Waals surface area contributed by atoms with Gasteiger partial charge in [0.05, 0.1) is 30.5 Å². The zero-order valence-corrected chi connectivity index (χ0v) is 36.1. The van der Waals surface area contributed by atoms with Gasteiger partial charge in [-0.1, -0.05) is 32.9 Å². The monoisotopic (exact) mass is 826 g/mol. The van der Waals surface area contributed by atoms with Crippen molar-refractivity contribution in [3.8, 4) is 0 Å². The molecule has 58 heavy (non-hydrogen) atoms. The Bertz CT molecular complexity index is 1650. The number of carbonyl (C=O) groups excluding carboxylic acids is 5. The van der Waals surface area contributed by atoms with Gasteiger partial charge < -0.3 is 47.9 Å². The lowest BCUT2D eigenvalue weighted by atomic mass is 9.73. The lowest BCUT2D eigenvalue weighted by Gasteiger charge is -2.47. The Morgan fingerprint density at radius 2 is 1.74 bits per heavy atom. The highest BCUT2D eigenvalue weighted by Crippen LogP contribution is 2.43. The molecule has 2 N–H and O–H groups in total. The summed E-state index contributed by atoms with van der Waals surface area (Å²) in [4.78, 5) is 72.1. The van der Waals surface area contributed by atoms with Crippen LogP contribution >= 0.6 is 0 Å². The fourth-order valence-electron chi connectivity index (χ4n) is 8.91. The summed E-state index contributed by atoms with van der Waals surface area (Å²) in [5.41, 5.74) is -5.56. The number of ketones is 2. The largest absolute Gasteiger partial charge is 0.455 e. The molecule has 3 fully saturated rings. The van der Waals surface area contributed by atoms with E-state index in [0.717, 1.165) is 6.92 Å². The third-order valence-corrected chi connectivity index (χ3v) is 12.2. The van der Waals surface area contributed by atoms with E-state index in [4.69, 9.17) is 32.9 Å². The van der Waals surface area contributed by atoms with Crippen molar-refractivity contribution in [2.45, 2.75) is 155 Å². The standard InChI is InChI=1S/C40H63FN4O13/c1-14-27-40(10)31(45(37(51)57-40)16-15-17-53-36(50)42-28-24(6)43-58-25(28)7)22(4)29(46)20(2)19-38(8,52-13)33(23(5)32(48)39(9,41)35(49)55-27)56-34-30(47)26(44(11)12)18-21(3)54-34/h20-23,26-27,30-31,33-34,47H,14-19H2,1-13H3,(H,42,50)/t20-,21-,22+,23+,26+,27-,30-,31-,33-,34+,38-,39+,40-/m1/s1. The normalized spacial score (nSPS) is 37.9. The van der Waals surface area contributed by atoms with Gasteiger partial charge in [-0.3, -0.25) is 14.9 Å². The van der Waals surface area contributed by atoms with E-state index < -0.39 is 89.2 Å².